The molecule has 3 amide bonds. The van der Waals surface area contributed by atoms with Crippen molar-refractivity contribution in [1.29, 1.82) is 0 Å². The van der Waals surface area contributed by atoms with Crippen LogP contribution in [-0.2, 0) is 39.0 Å². The van der Waals surface area contributed by atoms with Crippen molar-refractivity contribution in [3.63, 3.8) is 0 Å². The zero-order chi connectivity index (χ0) is 32.3. The Morgan fingerprint density at radius 3 is 2.27 bits per heavy atom. The Labute approximate surface area is 271 Å². The summed E-state index contributed by atoms with van der Waals surface area (Å²) in [6.07, 6.45) is 0.157. The van der Waals surface area contributed by atoms with E-state index in [4.69, 9.17) is 23.2 Å². The second kappa shape index (κ2) is 13.6. The Balaban J connectivity index is 1.35. The van der Waals surface area contributed by atoms with E-state index in [1.165, 1.54) is 0 Å². The molecule has 238 valence electrons. The van der Waals surface area contributed by atoms with Crippen molar-refractivity contribution >= 4 is 62.5 Å². The summed E-state index contributed by atoms with van der Waals surface area (Å²) >= 11 is 12.4. The number of carbonyl (C=O) groups excluding carboxylic acids is 2. The third-order valence-electron chi connectivity index (χ3n) is 7.97. The van der Waals surface area contributed by atoms with Crippen molar-refractivity contribution in [2.75, 3.05) is 42.1 Å². The third kappa shape index (κ3) is 7.81. The molecule has 14 heteroatoms. The fourth-order valence-electron chi connectivity index (χ4n) is 5.75. The number of hydrogen-bond donors (Lipinski definition) is 3. The number of carbonyl (C=O) groups is 3. The van der Waals surface area contributed by atoms with Crippen LogP contribution in [0.4, 0.5) is 16.2 Å². The molecular weight excluding hydrogens is 641 g/mol. The molecule has 0 aliphatic carbocycles. The predicted octanol–water partition coefficient (Wildman–Crippen LogP) is 3.85. The Morgan fingerprint density at radius 2 is 1.60 bits per heavy atom. The molecule has 3 aromatic rings. The smallest absolute Gasteiger partial charge is 0.408 e. The van der Waals surface area contributed by atoms with E-state index in [0.717, 1.165) is 22.3 Å². The van der Waals surface area contributed by atoms with Crippen molar-refractivity contribution in [2.45, 2.75) is 31.5 Å². The van der Waals surface area contributed by atoms with Gasteiger partial charge in [0.25, 0.3) is 0 Å². The number of nitrogens with zero attached hydrogens (tertiary/aromatic N) is 3. The lowest BCUT2D eigenvalue weighted by Crippen LogP contribution is -2.59. The average molecular weight is 675 g/mol. The van der Waals surface area contributed by atoms with E-state index in [1.54, 1.807) is 35.2 Å². The maximum absolute atomic E-state index is 14.0. The molecule has 0 aromatic heterocycles. The number of amides is 3. The lowest BCUT2D eigenvalue weighted by Gasteiger charge is -2.39. The van der Waals surface area contributed by atoms with Crippen molar-refractivity contribution < 1.29 is 27.9 Å². The van der Waals surface area contributed by atoms with E-state index in [9.17, 15) is 27.9 Å². The molecule has 1 saturated heterocycles. The number of fused-ring (bicyclic) bond motifs is 1. The van der Waals surface area contributed by atoms with Gasteiger partial charge in [-0.2, -0.15) is 0 Å². The average Bonchev–Trinajstić information content (AvgIpc) is 3.01. The molecule has 5 rings (SSSR count). The number of benzene rings is 3. The Hall–Kier alpha value is -4.00. The number of piperazine rings is 1. The van der Waals surface area contributed by atoms with Crippen LogP contribution in [0.5, 0.6) is 0 Å². The number of halogens is 2. The molecule has 2 aliphatic rings. The molecule has 2 atom stereocenters. The van der Waals surface area contributed by atoms with Crippen LogP contribution in [0.15, 0.2) is 66.7 Å². The lowest BCUT2D eigenvalue weighted by molar-refractivity contribution is -0.138. The summed E-state index contributed by atoms with van der Waals surface area (Å²) < 4.78 is 26.3. The first-order valence-electron chi connectivity index (χ1n) is 14.3. The van der Waals surface area contributed by atoms with Crippen LogP contribution in [0.3, 0.4) is 0 Å². The van der Waals surface area contributed by atoms with E-state index in [2.05, 4.69) is 10.0 Å². The number of rotatable bonds is 8. The molecule has 3 N–H and O–H groups in total. The highest BCUT2D eigenvalue weighted by molar-refractivity contribution is 7.92. The number of anilines is 2. The topological polar surface area (TPSA) is 139 Å². The SMILES string of the molecule is CS(=O)(=O)Nc1ccccc1N1CCN(C(=O)[C@@H](Cc2ccc(Cl)c(Cl)c2)NC(=O)[C@@H]2Cc3ccccc3CN2C(=O)O)CC1. The van der Waals surface area contributed by atoms with Gasteiger partial charge in [0.1, 0.15) is 12.1 Å². The molecule has 2 aliphatic heterocycles. The number of nitrogens with one attached hydrogen (secondary N) is 2. The summed E-state index contributed by atoms with van der Waals surface area (Å²) in [5, 5.41) is 13.4. The summed E-state index contributed by atoms with van der Waals surface area (Å²) in [4.78, 5) is 44.6. The number of sulfonamides is 1. The van der Waals surface area contributed by atoms with Crippen LogP contribution in [0.2, 0.25) is 10.0 Å². The minimum absolute atomic E-state index is 0.0621. The zero-order valence-electron chi connectivity index (χ0n) is 24.4. The van der Waals surface area contributed by atoms with Gasteiger partial charge < -0.3 is 20.2 Å². The summed E-state index contributed by atoms with van der Waals surface area (Å²) in [7, 11) is -3.50. The number of hydrogen-bond acceptors (Lipinski definition) is 6. The van der Waals surface area contributed by atoms with E-state index in [0.29, 0.717) is 53.2 Å². The molecule has 0 spiro atoms. The zero-order valence-corrected chi connectivity index (χ0v) is 26.8. The summed E-state index contributed by atoms with van der Waals surface area (Å²) in [5.74, 6) is -0.889. The monoisotopic (exact) mass is 673 g/mol. The second-order valence-electron chi connectivity index (χ2n) is 11.1. The first-order valence-corrected chi connectivity index (χ1v) is 17.0. The van der Waals surface area contributed by atoms with Crippen molar-refractivity contribution in [3.05, 3.63) is 93.5 Å². The fraction of sp³-hybridized carbons (Fsp3) is 0.323. The molecule has 0 radical (unpaired) electrons. The van der Waals surface area contributed by atoms with Gasteiger partial charge in [0.2, 0.25) is 21.8 Å². The first kappa shape index (κ1) is 32.4. The largest absolute Gasteiger partial charge is 0.465 e. The molecule has 3 aromatic carbocycles. The van der Waals surface area contributed by atoms with Crippen LogP contribution in [0.1, 0.15) is 16.7 Å². The summed E-state index contributed by atoms with van der Waals surface area (Å²) in [5.41, 5.74) is 3.53. The van der Waals surface area contributed by atoms with Crippen LogP contribution >= 0.6 is 23.2 Å². The van der Waals surface area contributed by atoms with Crippen LogP contribution in [-0.4, -0.2) is 85.8 Å². The van der Waals surface area contributed by atoms with Gasteiger partial charge in [-0.3, -0.25) is 19.2 Å². The van der Waals surface area contributed by atoms with Gasteiger partial charge >= 0.3 is 6.09 Å². The van der Waals surface area contributed by atoms with Gasteiger partial charge in [0, 0.05) is 39.0 Å². The molecule has 0 saturated carbocycles. The van der Waals surface area contributed by atoms with Gasteiger partial charge in [0.15, 0.2) is 0 Å². The van der Waals surface area contributed by atoms with E-state index in [1.807, 2.05) is 41.3 Å². The van der Waals surface area contributed by atoms with E-state index < -0.39 is 34.1 Å². The maximum Gasteiger partial charge on any atom is 0.408 e. The molecule has 11 nitrogen and oxygen atoms in total. The van der Waals surface area contributed by atoms with E-state index >= 15 is 0 Å². The van der Waals surface area contributed by atoms with Gasteiger partial charge in [0.05, 0.1) is 34.2 Å². The normalized spacial score (nSPS) is 17.3. The highest BCUT2D eigenvalue weighted by Crippen LogP contribution is 2.28. The number of para-hydroxylation sites is 2. The Morgan fingerprint density at radius 1 is 0.933 bits per heavy atom. The minimum Gasteiger partial charge on any atom is -0.465 e. The quantitative estimate of drug-likeness (QED) is 0.330. The van der Waals surface area contributed by atoms with Crippen molar-refractivity contribution in [1.82, 2.24) is 15.1 Å². The third-order valence-corrected chi connectivity index (χ3v) is 9.30. The first-order chi connectivity index (χ1) is 21.4. The molecule has 2 heterocycles. The lowest BCUT2D eigenvalue weighted by atomic mass is 9.93. The summed E-state index contributed by atoms with van der Waals surface area (Å²) in [6.45, 7) is 1.55. The van der Waals surface area contributed by atoms with E-state index in [-0.39, 0.29) is 25.3 Å². The molecule has 0 unspecified atom stereocenters. The molecule has 45 heavy (non-hydrogen) atoms. The Kier molecular flexibility index (Phi) is 9.76. The van der Waals surface area contributed by atoms with Gasteiger partial charge in [-0.15, -0.1) is 0 Å². The molecular formula is C31H33Cl2N5O6S. The maximum atomic E-state index is 14.0. The number of carboxylic acid groups (broad SMARTS) is 1. The van der Waals surface area contributed by atoms with Gasteiger partial charge in [-0.05, 0) is 41.0 Å². The van der Waals surface area contributed by atoms with Gasteiger partial charge in [-0.25, -0.2) is 13.2 Å². The second-order valence-corrected chi connectivity index (χ2v) is 13.7. The minimum atomic E-state index is -3.50. The fourth-order valence-corrected chi connectivity index (χ4v) is 6.64. The standard InChI is InChI=1S/C31H33Cl2N5O6S/c1-45(43,44)35-25-8-4-5-9-27(25)36-12-14-37(15-13-36)30(40)26(17-20-10-11-23(32)24(33)16-20)34-29(39)28-18-21-6-2-3-7-22(21)19-38(28)31(41)42/h2-11,16,26,28,35H,12-15,17-19H2,1H3,(H,34,39)(H,41,42)/t26-,28+/m1/s1. The van der Waals surface area contributed by atoms with Crippen LogP contribution in [0, 0.1) is 0 Å². The highest BCUT2D eigenvalue weighted by Gasteiger charge is 2.37. The molecule has 0 bridgehead atoms. The van der Waals surface area contributed by atoms with Crippen molar-refractivity contribution in [2.24, 2.45) is 0 Å². The summed E-state index contributed by atoms with van der Waals surface area (Å²) in [6, 6.07) is 17.4. The molecule has 1 fully saturated rings. The Bertz CT molecular complexity index is 1710. The predicted molar refractivity (Wildman–Crippen MR) is 173 cm³/mol. The van der Waals surface area contributed by atoms with Crippen LogP contribution in [0.25, 0.3) is 0 Å². The van der Waals surface area contributed by atoms with Crippen molar-refractivity contribution in [3.8, 4) is 0 Å². The highest BCUT2D eigenvalue weighted by atomic mass is 35.5. The van der Waals surface area contributed by atoms with Crippen LogP contribution < -0.4 is 14.9 Å². The van der Waals surface area contributed by atoms with Gasteiger partial charge in [-0.1, -0.05) is 65.7 Å².